The second-order valence-corrected chi connectivity index (χ2v) is 7.55. The molecule has 2 saturated heterocycles. The van der Waals surface area contributed by atoms with Gasteiger partial charge in [0.1, 0.15) is 5.75 Å². The third kappa shape index (κ3) is 3.18. The van der Waals surface area contributed by atoms with E-state index in [1.807, 2.05) is 12.1 Å². The molecule has 0 bridgehead atoms. The molecule has 0 unspecified atom stereocenters. The Kier molecular flexibility index (Phi) is 4.85. The van der Waals surface area contributed by atoms with Crippen LogP contribution in [0.3, 0.4) is 0 Å². The standard InChI is InChI=1S/C20H27N3O3/c1-26-16-8-6-15(7-9-16)22-12-10-21(11-13-22)14-23-19(24)17-4-2-3-5-18(17)20(23)25/h6-9,17-18H,2-5,10-14H2,1H3/t17-,18-/m0/s1. The molecule has 0 spiro atoms. The number of methoxy groups -OCH3 is 1. The molecule has 2 aliphatic heterocycles. The molecule has 2 atom stereocenters. The van der Waals surface area contributed by atoms with E-state index in [-0.39, 0.29) is 23.7 Å². The number of amides is 2. The highest BCUT2D eigenvalue weighted by Gasteiger charge is 2.48. The largest absolute Gasteiger partial charge is 0.497 e. The second kappa shape index (κ2) is 7.27. The van der Waals surface area contributed by atoms with Crippen LogP contribution in [-0.4, -0.2) is 61.6 Å². The number of anilines is 1. The van der Waals surface area contributed by atoms with Gasteiger partial charge in [0.15, 0.2) is 0 Å². The van der Waals surface area contributed by atoms with Gasteiger partial charge in [0.25, 0.3) is 0 Å². The Morgan fingerprint density at radius 1 is 0.923 bits per heavy atom. The molecule has 140 valence electrons. The van der Waals surface area contributed by atoms with Gasteiger partial charge in [-0.05, 0) is 37.1 Å². The number of hydrogen-bond donors (Lipinski definition) is 0. The van der Waals surface area contributed by atoms with E-state index in [0.717, 1.165) is 57.6 Å². The van der Waals surface area contributed by atoms with Crippen molar-refractivity contribution >= 4 is 17.5 Å². The van der Waals surface area contributed by atoms with Crippen molar-refractivity contribution in [2.24, 2.45) is 11.8 Å². The molecular weight excluding hydrogens is 330 g/mol. The van der Waals surface area contributed by atoms with Crippen molar-refractivity contribution in [1.82, 2.24) is 9.80 Å². The highest BCUT2D eigenvalue weighted by atomic mass is 16.5. The molecule has 1 aliphatic carbocycles. The number of carbonyl (C=O) groups is 2. The predicted molar refractivity (Wildman–Crippen MR) is 98.9 cm³/mol. The topological polar surface area (TPSA) is 53.1 Å². The Labute approximate surface area is 154 Å². The Morgan fingerprint density at radius 3 is 2.04 bits per heavy atom. The summed E-state index contributed by atoms with van der Waals surface area (Å²) in [5.41, 5.74) is 1.18. The fourth-order valence-electron chi connectivity index (χ4n) is 4.51. The van der Waals surface area contributed by atoms with Gasteiger partial charge in [0.2, 0.25) is 11.8 Å². The maximum absolute atomic E-state index is 12.6. The number of rotatable bonds is 4. The van der Waals surface area contributed by atoms with Crippen LogP contribution in [0.1, 0.15) is 25.7 Å². The summed E-state index contributed by atoms with van der Waals surface area (Å²) in [6.45, 7) is 3.97. The van der Waals surface area contributed by atoms with Crippen molar-refractivity contribution in [2.75, 3.05) is 44.9 Å². The molecule has 3 aliphatic rings. The van der Waals surface area contributed by atoms with Crippen molar-refractivity contribution in [2.45, 2.75) is 25.7 Å². The summed E-state index contributed by atoms with van der Waals surface area (Å²) in [6.07, 6.45) is 3.93. The monoisotopic (exact) mass is 357 g/mol. The lowest BCUT2D eigenvalue weighted by atomic mass is 9.81. The van der Waals surface area contributed by atoms with E-state index >= 15 is 0 Å². The van der Waals surface area contributed by atoms with Crippen LogP contribution in [0.4, 0.5) is 5.69 Å². The Morgan fingerprint density at radius 2 is 1.50 bits per heavy atom. The molecule has 2 amide bonds. The lowest BCUT2D eigenvalue weighted by Crippen LogP contribution is -2.51. The quantitative estimate of drug-likeness (QED) is 0.771. The summed E-state index contributed by atoms with van der Waals surface area (Å²) < 4.78 is 5.21. The number of nitrogens with zero attached hydrogens (tertiary/aromatic N) is 3. The van der Waals surface area contributed by atoms with Gasteiger partial charge in [0.05, 0.1) is 25.6 Å². The van der Waals surface area contributed by atoms with Crippen LogP contribution in [0.2, 0.25) is 0 Å². The smallest absolute Gasteiger partial charge is 0.234 e. The lowest BCUT2D eigenvalue weighted by molar-refractivity contribution is -0.142. The number of ether oxygens (including phenoxy) is 1. The molecule has 0 N–H and O–H groups in total. The molecule has 0 radical (unpaired) electrons. The summed E-state index contributed by atoms with van der Waals surface area (Å²) >= 11 is 0. The van der Waals surface area contributed by atoms with Crippen LogP contribution in [0.5, 0.6) is 5.75 Å². The average molecular weight is 357 g/mol. The zero-order chi connectivity index (χ0) is 18.1. The molecule has 26 heavy (non-hydrogen) atoms. The van der Waals surface area contributed by atoms with Gasteiger partial charge in [-0.2, -0.15) is 0 Å². The number of carbonyl (C=O) groups excluding carboxylic acids is 2. The van der Waals surface area contributed by atoms with Crippen molar-refractivity contribution < 1.29 is 14.3 Å². The first-order chi connectivity index (χ1) is 12.7. The number of hydrogen-bond acceptors (Lipinski definition) is 5. The minimum Gasteiger partial charge on any atom is -0.497 e. The van der Waals surface area contributed by atoms with E-state index in [4.69, 9.17) is 4.74 Å². The van der Waals surface area contributed by atoms with Gasteiger partial charge >= 0.3 is 0 Å². The molecule has 3 fully saturated rings. The maximum atomic E-state index is 12.6. The zero-order valence-corrected chi connectivity index (χ0v) is 15.4. The Hall–Kier alpha value is -2.08. The van der Waals surface area contributed by atoms with Gasteiger partial charge in [-0.3, -0.25) is 19.4 Å². The first kappa shape index (κ1) is 17.3. The van der Waals surface area contributed by atoms with Crippen LogP contribution >= 0.6 is 0 Å². The fourth-order valence-corrected chi connectivity index (χ4v) is 4.51. The Bertz CT molecular complexity index is 643. The SMILES string of the molecule is COc1ccc(N2CCN(CN3C(=O)[C@H]4CCCC[C@@H]4C3=O)CC2)cc1. The van der Waals surface area contributed by atoms with Crippen molar-refractivity contribution in [3.63, 3.8) is 0 Å². The van der Waals surface area contributed by atoms with E-state index in [0.29, 0.717) is 6.67 Å². The molecule has 6 nitrogen and oxygen atoms in total. The fraction of sp³-hybridized carbons (Fsp3) is 0.600. The van der Waals surface area contributed by atoms with Crippen molar-refractivity contribution in [3.05, 3.63) is 24.3 Å². The summed E-state index contributed by atoms with van der Waals surface area (Å²) in [7, 11) is 1.67. The van der Waals surface area contributed by atoms with Crippen LogP contribution in [-0.2, 0) is 9.59 Å². The number of fused-ring (bicyclic) bond motifs is 1. The third-order valence-corrected chi connectivity index (χ3v) is 6.08. The predicted octanol–water partition coefficient (Wildman–Crippen LogP) is 1.95. The van der Waals surface area contributed by atoms with Crippen LogP contribution in [0.15, 0.2) is 24.3 Å². The first-order valence-corrected chi connectivity index (χ1v) is 9.64. The molecule has 1 saturated carbocycles. The second-order valence-electron chi connectivity index (χ2n) is 7.55. The maximum Gasteiger partial charge on any atom is 0.234 e. The highest BCUT2D eigenvalue weighted by Crippen LogP contribution is 2.38. The molecule has 0 aromatic heterocycles. The van der Waals surface area contributed by atoms with Gasteiger partial charge in [-0.1, -0.05) is 12.8 Å². The third-order valence-electron chi connectivity index (χ3n) is 6.08. The van der Waals surface area contributed by atoms with Crippen LogP contribution in [0.25, 0.3) is 0 Å². The average Bonchev–Trinajstić information content (AvgIpc) is 2.94. The number of imide groups is 1. The molecule has 2 heterocycles. The first-order valence-electron chi connectivity index (χ1n) is 9.64. The molecule has 1 aromatic rings. The van der Waals surface area contributed by atoms with Gasteiger partial charge in [-0.15, -0.1) is 0 Å². The van der Waals surface area contributed by atoms with E-state index in [9.17, 15) is 9.59 Å². The number of piperazine rings is 1. The normalized spacial score (nSPS) is 27.0. The van der Waals surface area contributed by atoms with Gasteiger partial charge in [0, 0.05) is 31.9 Å². The molecule has 1 aromatic carbocycles. The van der Waals surface area contributed by atoms with E-state index < -0.39 is 0 Å². The minimum absolute atomic E-state index is 0.0446. The van der Waals surface area contributed by atoms with Gasteiger partial charge < -0.3 is 9.64 Å². The zero-order valence-electron chi connectivity index (χ0n) is 15.4. The lowest BCUT2D eigenvalue weighted by Gasteiger charge is -2.37. The van der Waals surface area contributed by atoms with E-state index in [1.54, 1.807) is 7.11 Å². The van der Waals surface area contributed by atoms with Crippen molar-refractivity contribution in [3.8, 4) is 5.75 Å². The molecule has 4 rings (SSSR count). The minimum atomic E-state index is -0.0446. The summed E-state index contributed by atoms with van der Waals surface area (Å²) in [5.74, 6) is 0.906. The Balaban J connectivity index is 1.33. The summed E-state index contributed by atoms with van der Waals surface area (Å²) in [6, 6.07) is 8.11. The van der Waals surface area contributed by atoms with E-state index in [1.165, 1.54) is 10.6 Å². The summed E-state index contributed by atoms with van der Waals surface area (Å²) in [4.78, 5) is 31.3. The van der Waals surface area contributed by atoms with Crippen LogP contribution < -0.4 is 9.64 Å². The van der Waals surface area contributed by atoms with E-state index in [2.05, 4.69) is 21.9 Å². The summed E-state index contributed by atoms with van der Waals surface area (Å²) in [5, 5.41) is 0. The van der Waals surface area contributed by atoms with Gasteiger partial charge in [-0.25, -0.2) is 0 Å². The number of benzene rings is 1. The molecular formula is C20H27N3O3. The highest BCUT2D eigenvalue weighted by molar-refractivity contribution is 6.05. The number of likely N-dealkylation sites (tertiary alicyclic amines) is 1. The molecule has 6 heteroatoms. The van der Waals surface area contributed by atoms with Crippen molar-refractivity contribution in [1.29, 1.82) is 0 Å². The van der Waals surface area contributed by atoms with Crippen LogP contribution in [0, 0.1) is 11.8 Å².